The first-order valence-corrected chi connectivity index (χ1v) is 19.7. The van der Waals surface area contributed by atoms with Gasteiger partial charge in [0.15, 0.2) is 0 Å². The van der Waals surface area contributed by atoms with E-state index in [2.05, 4.69) is 211 Å². The highest BCUT2D eigenvalue weighted by Gasteiger charge is 2.51. The maximum Gasteiger partial charge on any atom is 0.105 e. The van der Waals surface area contributed by atoms with Gasteiger partial charge in [-0.05, 0) is 95.5 Å². The maximum absolute atomic E-state index is 5.89. The number of benzene rings is 6. The zero-order chi connectivity index (χ0) is 38.6. The molecule has 6 aromatic carbocycles. The van der Waals surface area contributed by atoms with E-state index in [9.17, 15) is 0 Å². The van der Waals surface area contributed by atoms with Gasteiger partial charge in [0.1, 0.15) is 5.41 Å². The normalized spacial score (nSPS) is 13.8. The van der Waals surface area contributed by atoms with Crippen molar-refractivity contribution in [2.24, 2.45) is 0 Å². The van der Waals surface area contributed by atoms with Crippen LogP contribution in [0.2, 0.25) is 0 Å². The van der Waals surface area contributed by atoms with Gasteiger partial charge < -0.3 is 0 Å². The molecule has 0 bridgehead atoms. The minimum Gasteiger partial charge on any atom is -0.250 e. The molecule has 0 saturated carbocycles. The molecule has 2 heterocycles. The monoisotopic (exact) mass is 722 g/mol. The van der Waals surface area contributed by atoms with Gasteiger partial charge in [0.05, 0.1) is 22.8 Å². The van der Waals surface area contributed by atoms with E-state index in [1.54, 1.807) is 0 Å². The lowest BCUT2D eigenvalue weighted by Gasteiger charge is -2.47. The summed E-state index contributed by atoms with van der Waals surface area (Å²) in [4.78, 5) is 11.8. The molecule has 8 aromatic rings. The Labute approximate surface area is 331 Å². The summed E-state index contributed by atoms with van der Waals surface area (Å²) in [6, 6.07) is 61.6. The molecule has 0 aliphatic heterocycles. The number of fused-ring (bicyclic) bond motifs is 2. The van der Waals surface area contributed by atoms with E-state index >= 15 is 0 Å². The van der Waals surface area contributed by atoms with Crippen molar-refractivity contribution >= 4 is 0 Å². The third-order valence-electron chi connectivity index (χ3n) is 12.2. The van der Waals surface area contributed by atoms with Gasteiger partial charge in [-0.15, -0.1) is 0 Å². The Morgan fingerprint density at radius 1 is 0.339 bits per heavy atom. The topological polar surface area (TPSA) is 25.8 Å². The maximum atomic E-state index is 5.89. The van der Waals surface area contributed by atoms with Crippen LogP contribution in [-0.4, -0.2) is 9.97 Å². The molecule has 0 N–H and O–H groups in total. The Balaban J connectivity index is 1.44. The molecule has 0 saturated heterocycles. The number of nitrogens with zero attached hydrogens (tertiary/aromatic N) is 2. The van der Waals surface area contributed by atoms with Gasteiger partial charge in [0.25, 0.3) is 0 Å². The Kier molecular flexibility index (Phi) is 8.66. The number of hydrogen-bond donors (Lipinski definition) is 0. The van der Waals surface area contributed by atoms with Crippen LogP contribution in [0.5, 0.6) is 0 Å². The minimum atomic E-state index is -0.839. The summed E-state index contributed by atoms with van der Waals surface area (Å²) in [7, 11) is 0. The smallest absolute Gasteiger partial charge is 0.105 e. The summed E-state index contributed by atoms with van der Waals surface area (Å²) in [6.45, 7) is 13.5. The predicted molar refractivity (Wildman–Crippen MR) is 233 cm³/mol. The lowest BCUT2D eigenvalue weighted by molar-refractivity contribution is 0.546. The summed E-state index contributed by atoms with van der Waals surface area (Å²) < 4.78 is 0. The molecule has 2 heteroatoms. The van der Waals surface area contributed by atoms with E-state index in [1.165, 1.54) is 55.6 Å². The van der Waals surface area contributed by atoms with E-state index in [1.807, 2.05) is 0 Å². The fourth-order valence-corrected chi connectivity index (χ4v) is 9.53. The molecule has 272 valence electrons. The lowest BCUT2D eigenvalue weighted by atomic mass is 9.56. The van der Waals surface area contributed by atoms with Crippen molar-refractivity contribution in [3.63, 3.8) is 0 Å². The molecule has 0 radical (unpaired) electrons. The van der Waals surface area contributed by atoms with Crippen molar-refractivity contribution in [2.75, 3.05) is 0 Å². The predicted octanol–water partition coefficient (Wildman–Crippen LogP) is 13.4. The van der Waals surface area contributed by atoms with E-state index in [-0.39, 0.29) is 5.41 Å². The van der Waals surface area contributed by atoms with Crippen LogP contribution in [0.1, 0.15) is 69.7 Å². The summed E-state index contributed by atoms with van der Waals surface area (Å²) in [5.41, 5.74) is 19.6. The Morgan fingerprint density at radius 3 is 1.05 bits per heavy atom. The van der Waals surface area contributed by atoms with Gasteiger partial charge in [0.2, 0.25) is 0 Å². The number of aryl methyl sites for hydroxylation is 4. The third-order valence-corrected chi connectivity index (χ3v) is 12.2. The second-order valence-corrected chi connectivity index (χ2v) is 15.9. The van der Waals surface area contributed by atoms with Gasteiger partial charge in [-0.2, -0.15) is 0 Å². The average Bonchev–Trinajstić information content (AvgIpc) is 3.22. The standard InChI is InChI=1S/C54H46N2/c1-35-19-17-20-36(2)49(35)41-31-33-47(55-51(41)39-23-9-7-10-24-39)54(45-29-15-13-27-43(45)53(5,6)44-28-14-16-30-46(44)54)48-34-32-42(50-37(3)21-18-22-38(50)4)52(56-48)40-25-11-8-12-26-40/h7-34H,1-6H3. The fraction of sp³-hybridized carbons (Fsp3) is 0.148. The van der Waals surface area contributed by atoms with Crippen molar-refractivity contribution in [1.82, 2.24) is 9.97 Å². The molecule has 0 atom stereocenters. The molecule has 1 aliphatic carbocycles. The quantitative estimate of drug-likeness (QED) is 0.171. The minimum absolute atomic E-state index is 0.252. The first-order chi connectivity index (χ1) is 27.2. The second-order valence-electron chi connectivity index (χ2n) is 15.9. The van der Waals surface area contributed by atoms with Crippen LogP contribution >= 0.6 is 0 Å². The number of aromatic nitrogens is 2. The summed E-state index contributed by atoms with van der Waals surface area (Å²) in [5.74, 6) is 0. The van der Waals surface area contributed by atoms with Crippen molar-refractivity contribution in [3.8, 4) is 44.8 Å². The molecule has 2 nitrogen and oxygen atoms in total. The van der Waals surface area contributed by atoms with Gasteiger partial charge in [-0.3, -0.25) is 9.97 Å². The molecular formula is C54H46N2. The number of hydrogen-bond acceptors (Lipinski definition) is 2. The van der Waals surface area contributed by atoms with Crippen LogP contribution in [0.3, 0.4) is 0 Å². The molecule has 9 rings (SSSR count). The van der Waals surface area contributed by atoms with Crippen LogP contribution in [0.15, 0.2) is 170 Å². The SMILES string of the molecule is Cc1cccc(C)c1-c1ccc(C2(c3ccc(-c4c(C)cccc4C)c(-c4ccccc4)n3)c3ccccc3C(C)(C)c3ccccc32)nc1-c1ccccc1. The molecule has 0 unspecified atom stereocenters. The summed E-state index contributed by atoms with van der Waals surface area (Å²) in [5, 5.41) is 0. The largest absolute Gasteiger partial charge is 0.250 e. The average molecular weight is 723 g/mol. The molecular weight excluding hydrogens is 677 g/mol. The highest BCUT2D eigenvalue weighted by molar-refractivity contribution is 5.86. The van der Waals surface area contributed by atoms with Crippen molar-refractivity contribution in [2.45, 2.75) is 52.4 Å². The third kappa shape index (κ3) is 5.46. The number of rotatable bonds is 6. The van der Waals surface area contributed by atoms with Crippen molar-refractivity contribution in [3.05, 3.63) is 226 Å². The van der Waals surface area contributed by atoms with Crippen LogP contribution in [0.25, 0.3) is 44.8 Å². The molecule has 0 spiro atoms. The zero-order valence-corrected chi connectivity index (χ0v) is 33.1. The number of pyridine rings is 2. The van der Waals surface area contributed by atoms with E-state index in [4.69, 9.17) is 9.97 Å². The molecule has 1 aliphatic rings. The van der Waals surface area contributed by atoms with E-state index in [0.29, 0.717) is 0 Å². The molecule has 2 aromatic heterocycles. The highest BCUT2D eigenvalue weighted by Crippen LogP contribution is 2.56. The van der Waals surface area contributed by atoms with E-state index in [0.717, 1.165) is 45.0 Å². The van der Waals surface area contributed by atoms with Crippen LogP contribution in [-0.2, 0) is 10.8 Å². The van der Waals surface area contributed by atoms with Crippen molar-refractivity contribution < 1.29 is 0 Å². The van der Waals surface area contributed by atoms with Gasteiger partial charge in [-0.1, -0.05) is 172 Å². The molecule has 0 amide bonds. The Morgan fingerprint density at radius 2 is 0.679 bits per heavy atom. The van der Waals surface area contributed by atoms with Gasteiger partial charge in [-0.25, -0.2) is 0 Å². The summed E-state index contributed by atoms with van der Waals surface area (Å²) >= 11 is 0. The van der Waals surface area contributed by atoms with Crippen LogP contribution < -0.4 is 0 Å². The zero-order valence-electron chi connectivity index (χ0n) is 33.1. The Bertz CT molecular complexity index is 2530. The lowest BCUT2D eigenvalue weighted by Crippen LogP contribution is -2.43. The highest BCUT2D eigenvalue weighted by atomic mass is 14.8. The first kappa shape index (κ1) is 35.3. The first-order valence-electron chi connectivity index (χ1n) is 19.7. The van der Waals surface area contributed by atoms with Crippen LogP contribution in [0, 0.1) is 27.7 Å². The Hall–Kier alpha value is -6.38. The van der Waals surface area contributed by atoms with Gasteiger partial charge >= 0.3 is 0 Å². The van der Waals surface area contributed by atoms with Gasteiger partial charge in [0, 0.05) is 27.7 Å². The second kappa shape index (κ2) is 13.7. The summed E-state index contributed by atoms with van der Waals surface area (Å²) in [6.07, 6.45) is 0. The molecule has 0 fully saturated rings. The fourth-order valence-electron chi connectivity index (χ4n) is 9.53. The van der Waals surface area contributed by atoms with E-state index < -0.39 is 5.41 Å². The van der Waals surface area contributed by atoms with Crippen molar-refractivity contribution in [1.29, 1.82) is 0 Å². The molecule has 56 heavy (non-hydrogen) atoms. The van der Waals surface area contributed by atoms with Crippen LogP contribution in [0.4, 0.5) is 0 Å².